The van der Waals surface area contributed by atoms with Gasteiger partial charge in [-0.15, -0.1) is 0 Å². The second-order valence-corrected chi connectivity index (χ2v) is 10.7. The summed E-state index contributed by atoms with van der Waals surface area (Å²) in [7, 11) is 0. The summed E-state index contributed by atoms with van der Waals surface area (Å²) in [6.07, 6.45) is 12.4. The van der Waals surface area contributed by atoms with Crippen molar-refractivity contribution in [3.63, 3.8) is 0 Å². The van der Waals surface area contributed by atoms with Crippen molar-refractivity contribution in [1.82, 2.24) is 32.3 Å². The highest BCUT2D eigenvalue weighted by molar-refractivity contribution is 5.79. The minimum Gasteiger partial charge on any atom is -0.378 e. The van der Waals surface area contributed by atoms with Crippen molar-refractivity contribution < 1.29 is 19.2 Å². The van der Waals surface area contributed by atoms with Gasteiger partial charge in [-0.25, -0.2) is 5.43 Å². The molecule has 200 valence electrons. The maximum Gasteiger partial charge on any atom is 0.237 e. The van der Waals surface area contributed by atoms with Gasteiger partial charge in [-0.05, 0) is 63.8 Å². The Kier molecular flexibility index (Phi) is 10.6. The molecule has 4 aliphatic rings. The Morgan fingerprint density at radius 1 is 1.14 bits per heavy atom. The molecule has 0 aromatic heterocycles. The van der Waals surface area contributed by atoms with Gasteiger partial charge in [-0.3, -0.25) is 25.2 Å². The molecule has 35 heavy (non-hydrogen) atoms. The highest BCUT2D eigenvalue weighted by atomic mass is 16.7. The molecule has 0 radical (unpaired) electrons. The van der Waals surface area contributed by atoms with Gasteiger partial charge in [0.2, 0.25) is 11.8 Å². The van der Waals surface area contributed by atoms with E-state index in [2.05, 4.69) is 39.2 Å². The van der Waals surface area contributed by atoms with E-state index in [0.29, 0.717) is 37.3 Å². The van der Waals surface area contributed by atoms with Crippen molar-refractivity contribution in [2.45, 2.75) is 109 Å². The lowest BCUT2D eigenvalue weighted by molar-refractivity contribution is -0.134. The molecule has 0 aromatic rings. The number of hydrogen-bond donors (Lipinski definition) is 6. The van der Waals surface area contributed by atoms with Crippen LogP contribution in [0.25, 0.3) is 0 Å². The quantitative estimate of drug-likeness (QED) is 0.225. The van der Waals surface area contributed by atoms with Crippen molar-refractivity contribution in [2.75, 3.05) is 19.7 Å². The average Bonchev–Trinajstić information content (AvgIpc) is 3.37. The predicted octanol–water partition coefficient (Wildman–Crippen LogP) is 1.39. The number of carbonyl (C=O) groups is 2. The number of fused-ring (bicyclic) bond motifs is 1. The van der Waals surface area contributed by atoms with Gasteiger partial charge in [0, 0.05) is 31.4 Å². The molecule has 2 heterocycles. The van der Waals surface area contributed by atoms with Crippen LogP contribution in [0.5, 0.6) is 0 Å². The van der Waals surface area contributed by atoms with Crippen molar-refractivity contribution in [1.29, 1.82) is 0 Å². The summed E-state index contributed by atoms with van der Waals surface area (Å²) in [5, 5.41) is 10.1. The first-order valence-corrected chi connectivity index (χ1v) is 14.0. The molecular formula is C25H46N6O4. The van der Waals surface area contributed by atoms with Gasteiger partial charge in [0.1, 0.15) is 6.23 Å². The van der Waals surface area contributed by atoms with Crippen LogP contribution in [0.1, 0.15) is 84.0 Å². The first-order chi connectivity index (χ1) is 17.1. The lowest BCUT2D eigenvalue weighted by Crippen LogP contribution is -2.64. The molecule has 2 aliphatic heterocycles. The third kappa shape index (κ3) is 7.84. The van der Waals surface area contributed by atoms with E-state index in [1.807, 2.05) is 0 Å². The number of rotatable bonds is 12. The molecule has 2 amide bonds. The number of amides is 2. The van der Waals surface area contributed by atoms with E-state index in [0.717, 1.165) is 58.1 Å². The van der Waals surface area contributed by atoms with Crippen LogP contribution in [0.15, 0.2) is 0 Å². The van der Waals surface area contributed by atoms with Crippen LogP contribution in [0, 0.1) is 17.8 Å². The Balaban J connectivity index is 1.05. The van der Waals surface area contributed by atoms with Crippen LogP contribution in [0.3, 0.4) is 0 Å². The SMILES string of the molecule is CCCOC1CCCC(C2NOC(CCC(=O)NCCCNC3NNC(=O)C4CCCCC34)N2)C1. The van der Waals surface area contributed by atoms with Gasteiger partial charge in [-0.2, -0.15) is 5.48 Å². The molecule has 2 saturated carbocycles. The van der Waals surface area contributed by atoms with Gasteiger partial charge < -0.3 is 15.4 Å². The number of carbonyl (C=O) groups excluding carboxylic acids is 2. The first-order valence-electron chi connectivity index (χ1n) is 14.0. The van der Waals surface area contributed by atoms with E-state index < -0.39 is 0 Å². The van der Waals surface area contributed by atoms with Gasteiger partial charge in [-0.1, -0.05) is 26.2 Å². The number of hydrazine groups is 1. The smallest absolute Gasteiger partial charge is 0.237 e. The van der Waals surface area contributed by atoms with Crippen molar-refractivity contribution >= 4 is 11.8 Å². The zero-order chi connectivity index (χ0) is 24.5. The van der Waals surface area contributed by atoms with Gasteiger partial charge in [0.05, 0.1) is 18.4 Å². The number of hydroxylamine groups is 1. The van der Waals surface area contributed by atoms with Gasteiger partial charge in [0.25, 0.3) is 0 Å². The third-order valence-corrected chi connectivity index (χ3v) is 8.01. The van der Waals surface area contributed by atoms with Crippen molar-refractivity contribution in [2.24, 2.45) is 17.8 Å². The Labute approximate surface area is 209 Å². The molecule has 6 N–H and O–H groups in total. The lowest BCUT2D eigenvalue weighted by atomic mass is 9.76. The molecule has 10 heteroatoms. The van der Waals surface area contributed by atoms with Crippen LogP contribution in [0.2, 0.25) is 0 Å². The molecule has 0 aromatic carbocycles. The summed E-state index contributed by atoms with van der Waals surface area (Å²) in [4.78, 5) is 30.1. The third-order valence-electron chi connectivity index (χ3n) is 8.01. The van der Waals surface area contributed by atoms with Gasteiger partial charge in [0.15, 0.2) is 0 Å². The summed E-state index contributed by atoms with van der Waals surface area (Å²) in [6.45, 7) is 4.41. The van der Waals surface area contributed by atoms with Crippen LogP contribution in [-0.2, 0) is 19.2 Å². The fourth-order valence-corrected chi connectivity index (χ4v) is 6.08. The van der Waals surface area contributed by atoms with E-state index in [4.69, 9.17) is 9.57 Å². The molecule has 10 nitrogen and oxygen atoms in total. The van der Waals surface area contributed by atoms with Crippen molar-refractivity contribution in [3.8, 4) is 0 Å². The largest absolute Gasteiger partial charge is 0.378 e. The van der Waals surface area contributed by atoms with E-state index in [-0.39, 0.29) is 36.3 Å². The normalized spacial score (nSPS) is 35.3. The fourth-order valence-electron chi connectivity index (χ4n) is 6.08. The number of ether oxygens (including phenoxy) is 1. The topological polar surface area (TPSA) is 125 Å². The Bertz CT molecular complexity index is 682. The highest BCUT2D eigenvalue weighted by Crippen LogP contribution is 2.33. The monoisotopic (exact) mass is 494 g/mol. The summed E-state index contributed by atoms with van der Waals surface area (Å²) >= 11 is 0. The molecule has 7 unspecified atom stereocenters. The molecular weight excluding hydrogens is 448 g/mol. The van der Waals surface area contributed by atoms with Crippen molar-refractivity contribution in [3.05, 3.63) is 0 Å². The van der Waals surface area contributed by atoms with E-state index in [9.17, 15) is 9.59 Å². The maximum absolute atomic E-state index is 12.3. The fraction of sp³-hybridized carbons (Fsp3) is 0.920. The number of nitrogens with one attached hydrogen (secondary N) is 6. The second kappa shape index (κ2) is 13.9. The maximum atomic E-state index is 12.3. The van der Waals surface area contributed by atoms with Crippen LogP contribution in [-0.4, -0.2) is 56.2 Å². The van der Waals surface area contributed by atoms with Gasteiger partial charge >= 0.3 is 0 Å². The Morgan fingerprint density at radius 2 is 2.03 bits per heavy atom. The zero-order valence-corrected chi connectivity index (χ0v) is 21.3. The molecule has 0 spiro atoms. The lowest BCUT2D eigenvalue weighted by Gasteiger charge is -2.41. The predicted molar refractivity (Wildman–Crippen MR) is 132 cm³/mol. The molecule has 4 fully saturated rings. The van der Waals surface area contributed by atoms with E-state index in [1.54, 1.807) is 0 Å². The Hall–Kier alpha value is -1.30. The molecule has 2 aliphatic carbocycles. The molecule has 2 saturated heterocycles. The van der Waals surface area contributed by atoms with E-state index >= 15 is 0 Å². The summed E-state index contributed by atoms with van der Waals surface area (Å²) in [5.41, 5.74) is 9.10. The molecule has 4 rings (SSSR count). The standard InChI is InChI=1S/C25H46N6O4/c1-2-15-34-18-8-5-7-17(16-18)23-28-22(35-31-23)12-11-21(32)26-13-6-14-27-24-19-9-3-4-10-20(19)25(33)30-29-24/h17-20,22-24,27-29,31H,2-16H2,1H3,(H,26,32)(H,30,33). The highest BCUT2D eigenvalue weighted by Gasteiger charge is 2.39. The minimum atomic E-state index is -0.139. The minimum absolute atomic E-state index is 0.0555. The summed E-state index contributed by atoms with van der Waals surface area (Å²) in [6, 6.07) is 0. The van der Waals surface area contributed by atoms with Crippen LogP contribution >= 0.6 is 0 Å². The van der Waals surface area contributed by atoms with Crippen LogP contribution < -0.4 is 32.3 Å². The molecule has 7 atom stereocenters. The zero-order valence-electron chi connectivity index (χ0n) is 21.3. The van der Waals surface area contributed by atoms with Crippen LogP contribution in [0.4, 0.5) is 0 Å². The summed E-state index contributed by atoms with van der Waals surface area (Å²) in [5.74, 6) is 1.15. The second-order valence-electron chi connectivity index (χ2n) is 10.7. The summed E-state index contributed by atoms with van der Waals surface area (Å²) < 4.78 is 5.97. The number of hydrogen-bond acceptors (Lipinski definition) is 8. The average molecular weight is 495 g/mol. The van der Waals surface area contributed by atoms with E-state index in [1.165, 1.54) is 19.3 Å². The Morgan fingerprint density at radius 3 is 2.91 bits per heavy atom. The first kappa shape index (κ1) is 26.8. The molecule has 0 bridgehead atoms.